The summed E-state index contributed by atoms with van der Waals surface area (Å²) in [6.07, 6.45) is 0. The number of methoxy groups -OCH3 is 1. The molecule has 1 unspecified atom stereocenters. The highest BCUT2D eigenvalue weighted by molar-refractivity contribution is 5.81. The molecule has 0 fully saturated rings. The minimum absolute atomic E-state index is 0.414. The number of nitrogens with two attached hydrogens (primary N) is 1. The van der Waals surface area contributed by atoms with Gasteiger partial charge in [0.1, 0.15) is 5.82 Å². The van der Waals surface area contributed by atoms with Gasteiger partial charge in [0.05, 0.1) is 7.11 Å². The van der Waals surface area contributed by atoms with Crippen LogP contribution in [0, 0.1) is 5.82 Å². The van der Waals surface area contributed by atoms with Gasteiger partial charge in [-0.25, -0.2) is 14.6 Å². The van der Waals surface area contributed by atoms with Crippen molar-refractivity contribution in [3.05, 3.63) is 35.6 Å². The van der Waals surface area contributed by atoms with Crippen molar-refractivity contribution < 1.29 is 13.9 Å². The van der Waals surface area contributed by atoms with Crippen LogP contribution in [0.2, 0.25) is 0 Å². The molecule has 5 heteroatoms. The minimum atomic E-state index is -1.24. The summed E-state index contributed by atoms with van der Waals surface area (Å²) in [6, 6.07) is 5.62. The van der Waals surface area contributed by atoms with E-state index in [9.17, 15) is 9.18 Å². The van der Waals surface area contributed by atoms with Crippen LogP contribution in [0.3, 0.4) is 0 Å². The minimum Gasteiger partial charge on any atom is -0.467 e. The summed E-state index contributed by atoms with van der Waals surface area (Å²) in [4.78, 5) is 11.5. The van der Waals surface area contributed by atoms with Crippen LogP contribution < -0.4 is 11.3 Å². The molecule has 4 nitrogen and oxygen atoms in total. The number of carbonyl (C=O) groups is 1. The van der Waals surface area contributed by atoms with Gasteiger partial charge in [0.25, 0.3) is 0 Å². The lowest BCUT2D eigenvalue weighted by atomic mass is 9.93. The number of esters is 1. The molecule has 0 aromatic heterocycles. The molecule has 82 valence electrons. The second-order valence-corrected chi connectivity index (χ2v) is 3.27. The van der Waals surface area contributed by atoms with Crippen molar-refractivity contribution in [2.24, 2.45) is 5.84 Å². The van der Waals surface area contributed by atoms with Crippen LogP contribution in [0.4, 0.5) is 4.39 Å². The summed E-state index contributed by atoms with van der Waals surface area (Å²) >= 11 is 0. The second-order valence-electron chi connectivity index (χ2n) is 3.27. The van der Waals surface area contributed by atoms with Gasteiger partial charge in [-0.3, -0.25) is 5.84 Å². The lowest BCUT2D eigenvalue weighted by Crippen LogP contribution is -2.51. The summed E-state index contributed by atoms with van der Waals surface area (Å²) in [6.45, 7) is 1.52. The molecule has 0 spiro atoms. The Hall–Kier alpha value is -1.46. The van der Waals surface area contributed by atoms with Gasteiger partial charge < -0.3 is 4.74 Å². The lowest BCUT2D eigenvalue weighted by molar-refractivity contribution is -0.148. The van der Waals surface area contributed by atoms with E-state index in [0.717, 1.165) is 0 Å². The third kappa shape index (κ3) is 2.14. The Labute approximate surface area is 87.2 Å². The smallest absolute Gasteiger partial charge is 0.331 e. The zero-order valence-corrected chi connectivity index (χ0v) is 8.58. The first-order valence-corrected chi connectivity index (χ1v) is 4.37. The van der Waals surface area contributed by atoms with E-state index in [1.165, 1.54) is 32.2 Å². The summed E-state index contributed by atoms with van der Waals surface area (Å²) in [5.41, 5.74) is 1.51. The molecule has 1 rings (SSSR count). The average Bonchev–Trinajstić information content (AvgIpc) is 2.26. The van der Waals surface area contributed by atoms with E-state index in [1.807, 2.05) is 0 Å². The largest absolute Gasteiger partial charge is 0.467 e. The SMILES string of the molecule is COC(=O)C(C)(NN)c1cccc(F)c1. The molecule has 0 aliphatic carbocycles. The van der Waals surface area contributed by atoms with Gasteiger partial charge in [0.2, 0.25) is 0 Å². The molecular formula is C10H13FN2O2. The third-order valence-corrected chi connectivity index (χ3v) is 2.28. The fraction of sp³-hybridized carbons (Fsp3) is 0.300. The third-order valence-electron chi connectivity index (χ3n) is 2.28. The number of hydrogen-bond donors (Lipinski definition) is 2. The Morgan fingerprint density at radius 1 is 1.60 bits per heavy atom. The number of ether oxygens (including phenoxy) is 1. The Bertz CT molecular complexity index is 370. The van der Waals surface area contributed by atoms with Crippen molar-refractivity contribution in [2.75, 3.05) is 7.11 Å². The van der Waals surface area contributed by atoms with Gasteiger partial charge >= 0.3 is 5.97 Å². The van der Waals surface area contributed by atoms with E-state index in [-0.39, 0.29) is 0 Å². The molecule has 0 bridgehead atoms. The standard InChI is InChI=1S/C10H13FN2O2/c1-10(13-12,9(14)15-2)7-4-3-5-8(11)6-7/h3-6,13H,12H2,1-2H3. The van der Waals surface area contributed by atoms with Gasteiger partial charge in [-0.2, -0.15) is 0 Å². The van der Waals surface area contributed by atoms with Crippen LogP contribution in [0.5, 0.6) is 0 Å². The van der Waals surface area contributed by atoms with Gasteiger partial charge in [-0.1, -0.05) is 12.1 Å². The highest BCUT2D eigenvalue weighted by Crippen LogP contribution is 2.21. The molecule has 0 saturated carbocycles. The molecule has 15 heavy (non-hydrogen) atoms. The number of halogens is 1. The molecule has 1 aromatic carbocycles. The first-order valence-electron chi connectivity index (χ1n) is 4.37. The first-order chi connectivity index (χ1) is 7.04. The van der Waals surface area contributed by atoms with Crippen LogP contribution in [0.1, 0.15) is 12.5 Å². The fourth-order valence-corrected chi connectivity index (χ4v) is 1.26. The van der Waals surface area contributed by atoms with Gasteiger partial charge in [0.15, 0.2) is 5.54 Å². The van der Waals surface area contributed by atoms with E-state index in [1.54, 1.807) is 6.07 Å². The first kappa shape index (κ1) is 11.6. The molecule has 0 saturated heterocycles. The monoisotopic (exact) mass is 212 g/mol. The Morgan fingerprint density at radius 2 is 2.27 bits per heavy atom. The highest BCUT2D eigenvalue weighted by atomic mass is 19.1. The van der Waals surface area contributed by atoms with Crippen LogP contribution in [0.15, 0.2) is 24.3 Å². The second kappa shape index (κ2) is 4.37. The molecule has 0 aliphatic rings. The van der Waals surface area contributed by atoms with Crippen LogP contribution >= 0.6 is 0 Å². The molecule has 1 aromatic rings. The molecule has 1 atom stereocenters. The van der Waals surface area contributed by atoms with Crippen LogP contribution in [0.25, 0.3) is 0 Å². The van der Waals surface area contributed by atoms with Gasteiger partial charge in [-0.05, 0) is 24.6 Å². The van der Waals surface area contributed by atoms with E-state index < -0.39 is 17.3 Å². The molecule has 0 amide bonds. The Morgan fingerprint density at radius 3 is 2.73 bits per heavy atom. The predicted molar refractivity (Wildman–Crippen MR) is 53.1 cm³/mol. The number of carbonyl (C=O) groups excluding carboxylic acids is 1. The summed E-state index contributed by atoms with van der Waals surface area (Å²) < 4.78 is 17.6. The topological polar surface area (TPSA) is 64.3 Å². The van der Waals surface area contributed by atoms with E-state index in [4.69, 9.17) is 5.84 Å². The Balaban J connectivity index is 3.16. The quantitative estimate of drug-likeness (QED) is 0.439. The van der Waals surface area contributed by atoms with Crippen molar-refractivity contribution in [2.45, 2.75) is 12.5 Å². The highest BCUT2D eigenvalue weighted by Gasteiger charge is 2.35. The number of hydrazine groups is 1. The molecule has 3 N–H and O–H groups in total. The summed E-state index contributed by atoms with van der Waals surface area (Å²) in [5.74, 6) is 4.29. The fourth-order valence-electron chi connectivity index (χ4n) is 1.26. The number of nitrogens with one attached hydrogen (secondary N) is 1. The summed E-state index contributed by atoms with van der Waals surface area (Å²) in [5, 5.41) is 0. The summed E-state index contributed by atoms with van der Waals surface area (Å²) in [7, 11) is 1.25. The predicted octanol–water partition coefficient (Wildman–Crippen LogP) is 0.677. The zero-order valence-electron chi connectivity index (χ0n) is 8.58. The zero-order chi connectivity index (χ0) is 11.5. The normalized spacial score (nSPS) is 14.4. The molecule has 0 heterocycles. The number of hydrogen-bond acceptors (Lipinski definition) is 4. The van der Waals surface area contributed by atoms with Crippen molar-refractivity contribution in [3.63, 3.8) is 0 Å². The van der Waals surface area contributed by atoms with Crippen LogP contribution in [-0.4, -0.2) is 13.1 Å². The van der Waals surface area contributed by atoms with Crippen molar-refractivity contribution in [1.29, 1.82) is 0 Å². The van der Waals surface area contributed by atoms with Gasteiger partial charge in [0, 0.05) is 0 Å². The molecule has 0 aliphatic heterocycles. The lowest BCUT2D eigenvalue weighted by Gasteiger charge is -2.25. The Kier molecular flexibility index (Phi) is 3.39. The van der Waals surface area contributed by atoms with E-state index >= 15 is 0 Å². The van der Waals surface area contributed by atoms with Crippen molar-refractivity contribution in [3.8, 4) is 0 Å². The average molecular weight is 212 g/mol. The van der Waals surface area contributed by atoms with E-state index in [2.05, 4.69) is 10.2 Å². The number of rotatable bonds is 3. The van der Waals surface area contributed by atoms with Gasteiger partial charge in [-0.15, -0.1) is 0 Å². The maximum atomic E-state index is 13.0. The maximum absolute atomic E-state index is 13.0. The van der Waals surface area contributed by atoms with Crippen molar-refractivity contribution >= 4 is 5.97 Å². The maximum Gasteiger partial charge on any atom is 0.331 e. The molecular weight excluding hydrogens is 199 g/mol. The molecule has 0 radical (unpaired) electrons. The van der Waals surface area contributed by atoms with Crippen molar-refractivity contribution in [1.82, 2.24) is 5.43 Å². The van der Waals surface area contributed by atoms with E-state index in [0.29, 0.717) is 5.56 Å². The number of benzene rings is 1. The van der Waals surface area contributed by atoms with Crippen LogP contribution in [-0.2, 0) is 15.1 Å².